The van der Waals surface area contributed by atoms with Crippen molar-refractivity contribution in [3.8, 4) is 17.6 Å². The Kier molecular flexibility index (Phi) is 7.28. The lowest BCUT2D eigenvalue weighted by Gasteiger charge is -2.28. The summed E-state index contributed by atoms with van der Waals surface area (Å²) < 4.78 is 5.34. The van der Waals surface area contributed by atoms with E-state index in [1.54, 1.807) is 7.11 Å². The monoisotopic (exact) mass is 289 g/mol. The molecular formula is C18H27NO2. The fourth-order valence-corrected chi connectivity index (χ4v) is 2.11. The molecule has 1 atom stereocenters. The molecule has 0 radical (unpaired) electrons. The van der Waals surface area contributed by atoms with Crippen LogP contribution in [0.3, 0.4) is 0 Å². The molecule has 0 aromatic heterocycles. The molecule has 1 unspecified atom stereocenters. The molecule has 116 valence electrons. The average molecular weight is 289 g/mol. The number of rotatable bonds is 6. The first-order valence-electron chi connectivity index (χ1n) is 7.46. The van der Waals surface area contributed by atoms with Gasteiger partial charge in [-0.25, -0.2) is 0 Å². The van der Waals surface area contributed by atoms with E-state index in [-0.39, 0.29) is 6.61 Å². The maximum absolute atomic E-state index is 8.82. The van der Waals surface area contributed by atoms with E-state index in [1.165, 1.54) is 5.56 Å². The molecule has 1 rings (SSSR count). The minimum atomic E-state index is 0.0870. The smallest absolute Gasteiger partial charge is 0.134 e. The van der Waals surface area contributed by atoms with E-state index in [1.807, 2.05) is 6.07 Å². The first kappa shape index (κ1) is 17.6. The largest absolute Gasteiger partial charge is 0.495 e. The topological polar surface area (TPSA) is 32.7 Å². The molecule has 0 aliphatic carbocycles. The van der Waals surface area contributed by atoms with Crippen molar-refractivity contribution in [2.45, 2.75) is 39.8 Å². The van der Waals surface area contributed by atoms with Gasteiger partial charge in [0.1, 0.15) is 5.75 Å². The Morgan fingerprint density at radius 3 is 2.57 bits per heavy atom. The van der Waals surface area contributed by atoms with Crippen molar-refractivity contribution in [1.82, 2.24) is 4.90 Å². The van der Waals surface area contributed by atoms with Crippen molar-refractivity contribution < 1.29 is 9.84 Å². The second-order valence-electron chi connectivity index (χ2n) is 5.71. The third-order valence-corrected chi connectivity index (χ3v) is 3.82. The third kappa shape index (κ3) is 5.41. The highest BCUT2D eigenvalue weighted by Gasteiger charge is 2.13. The van der Waals surface area contributed by atoms with E-state index in [0.29, 0.717) is 18.4 Å². The summed E-state index contributed by atoms with van der Waals surface area (Å²) in [6, 6.07) is 6.65. The van der Waals surface area contributed by atoms with E-state index in [2.05, 4.69) is 56.7 Å². The van der Waals surface area contributed by atoms with Crippen LogP contribution < -0.4 is 4.74 Å². The molecule has 1 N–H and O–H groups in total. The zero-order chi connectivity index (χ0) is 15.8. The van der Waals surface area contributed by atoms with Crippen molar-refractivity contribution in [3.63, 3.8) is 0 Å². The van der Waals surface area contributed by atoms with Crippen LogP contribution in [0, 0.1) is 17.8 Å². The van der Waals surface area contributed by atoms with Crippen molar-refractivity contribution in [2.75, 3.05) is 20.8 Å². The van der Waals surface area contributed by atoms with Gasteiger partial charge in [0.05, 0.1) is 19.3 Å². The fraction of sp³-hybridized carbons (Fsp3) is 0.556. The molecule has 0 aliphatic rings. The molecule has 0 heterocycles. The summed E-state index contributed by atoms with van der Waals surface area (Å²) in [5.74, 6) is 7.43. The Labute approximate surface area is 128 Å². The zero-order valence-electron chi connectivity index (χ0n) is 13.8. The predicted octanol–water partition coefficient (Wildman–Crippen LogP) is 2.91. The number of aliphatic hydroxyl groups is 1. The Bertz CT molecular complexity index is 500. The van der Waals surface area contributed by atoms with Crippen LogP contribution in [-0.4, -0.2) is 36.8 Å². The van der Waals surface area contributed by atoms with Crippen molar-refractivity contribution in [2.24, 2.45) is 5.92 Å². The summed E-state index contributed by atoms with van der Waals surface area (Å²) in [7, 11) is 3.80. The normalized spacial score (nSPS) is 12.2. The highest BCUT2D eigenvalue weighted by molar-refractivity contribution is 5.48. The van der Waals surface area contributed by atoms with Gasteiger partial charge in [0.25, 0.3) is 0 Å². The third-order valence-electron chi connectivity index (χ3n) is 3.82. The van der Waals surface area contributed by atoms with Crippen LogP contribution >= 0.6 is 0 Å². The van der Waals surface area contributed by atoms with Gasteiger partial charge in [-0.15, -0.1) is 0 Å². The van der Waals surface area contributed by atoms with E-state index in [4.69, 9.17) is 9.84 Å². The SMILES string of the molecule is COc1ccc(CN(C)C(C)C(C)C)cc1C#CCCO. The minimum absolute atomic E-state index is 0.0870. The number of benzene rings is 1. The van der Waals surface area contributed by atoms with Gasteiger partial charge < -0.3 is 9.84 Å². The molecule has 0 bridgehead atoms. The maximum Gasteiger partial charge on any atom is 0.134 e. The highest BCUT2D eigenvalue weighted by Crippen LogP contribution is 2.21. The van der Waals surface area contributed by atoms with Crippen LogP contribution in [0.15, 0.2) is 18.2 Å². The number of aliphatic hydroxyl groups excluding tert-OH is 1. The Morgan fingerprint density at radius 2 is 2.00 bits per heavy atom. The molecule has 21 heavy (non-hydrogen) atoms. The lowest BCUT2D eigenvalue weighted by atomic mass is 10.0. The molecule has 0 saturated carbocycles. The van der Waals surface area contributed by atoms with Gasteiger partial charge in [-0.1, -0.05) is 31.8 Å². The van der Waals surface area contributed by atoms with Gasteiger partial charge in [0, 0.05) is 19.0 Å². The second-order valence-corrected chi connectivity index (χ2v) is 5.71. The molecule has 0 saturated heterocycles. The summed E-state index contributed by atoms with van der Waals surface area (Å²) in [5, 5.41) is 8.82. The zero-order valence-corrected chi connectivity index (χ0v) is 13.8. The molecule has 0 amide bonds. The van der Waals surface area contributed by atoms with Crippen LogP contribution in [0.5, 0.6) is 5.75 Å². The lowest BCUT2D eigenvalue weighted by Crippen LogP contribution is -2.32. The first-order chi connectivity index (χ1) is 9.99. The summed E-state index contributed by atoms with van der Waals surface area (Å²) in [5.41, 5.74) is 2.10. The number of methoxy groups -OCH3 is 1. The molecule has 3 heteroatoms. The van der Waals surface area contributed by atoms with Crippen LogP contribution in [0.1, 0.15) is 38.3 Å². The van der Waals surface area contributed by atoms with Crippen LogP contribution in [0.2, 0.25) is 0 Å². The standard InChI is InChI=1S/C18H27NO2/c1-14(2)15(3)19(4)13-16-9-10-18(21-5)17(12-16)8-6-7-11-20/h9-10,12,14-15,20H,7,11,13H2,1-5H3. The van der Waals surface area contributed by atoms with Gasteiger partial charge in [0.15, 0.2) is 0 Å². The fourth-order valence-electron chi connectivity index (χ4n) is 2.11. The molecule has 3 nitrogen and oxygen atoms in total. The van der Waals surface area contributed by atoms with Crippen LogP contribution in [-0.2, 0) is 6.54 Å². The van der Waals surface area contributed by atoms with Crippen molar-refractivity contribution in [1.29, 1.82) is 0 Å². The van der Waals surface area contributed by atoms with Gasteiger partial charge in [-0.05, 0) is 37.6 Å². The van der Waals surface area contributed by atoms with Gasteiger partial charge in [-0.3, -0.25) is 4.90 Å². The summed E-state index contributed by atoms with van der Waals surface area (Å²) in [6.07, 6.45) is 0.484. The lowest BCUT2D eigenvalue weighted by molar-refractivity contribution is 0.200. The van der Waals surface area contributed by atoms with E-state index < -0.39 is 0 Å². The van der Waals surface area contributed by atoms with E-state index in [0.717, 1.165) is 17.9 Å². The second kappa shape index (κ2) is 8.71. The first-order valence-corrected chi connectivity index (χ1v) is 7.46. The number of hydrogen-bond donors (Lipinski definition) is 1. The predicted molar refractivity (Wildman–Crippen MR) is 87.3 cm³/mol. The molecular weight excluding hydrogens is 262 g/mol. The Balaban J connectivity index is 2.90. The number of hydrogen-bond acceptors (Lipinski definition) is 3. The van der Waals surface area contributed by atoms with Crippen LogP contribution in [0.25, 0.3) is 0 Å². The molecule has 1 aromatic carbocycles. The van der Waals surface area contributed by atoms with Crippen LogP contribution in [0.4, 0.5) is 0 Å². The number of ether oxygens (including phenoxy) is 1. The Morgan fingerprint density at radius 1 is 1.29 bits per heavy atom. The molecule has 1 aromatic rings. The summed E-state index contributed by atoms with van der Waals surface area (Å²) in [6.45, 7) is 7.69. The van der Waals surface area contributed by atoms with Gasteiger partial charge in [-0.2, -0.15) is 0 Å². The van der Waals surface area contributed by atoms with Gasteiger partial charge in [0.2, 0.25) is 0 Å². The van der Waals surface area contributed by atoms with Crippen molar-refractivity contribution >= 4 is 0 Å². The van der Waals surface area contributed by atoms with E-state index in [9.17, 15) is 0 Å². The minimum Gasteiger partial charge on any atom is -0.495 e. The summed E-state index contributed by atoms with van der Waals surface area (Å²) in [4.78, 5) is 2.34. The average Bonchev–Trinajstić information content (AvgIpc) is 2.46. The Hall–Kier alpha value is -1.50. The van der Waals surface area contributed by atoms with E-state index >= 15 is 0 Å². The molecule has 0 aliphatic heterocycles. The summed E-state index contributed by atoms with van der Waals surface area (Å²) >= 11 is 0. The molecule has 0 fully saturated rings. The number of nitrogens with zero attached hydrogens (tertiary/aromatic N) is 1. The quantitative estimate of drug-likeness (QED) is 0.817. The maximum atomic E-state index is 8.82. The van der Waals surface area contributed by atoms with Gasteiger partial charge >= 0.3 is 0 Å². The molecule has 0 spiro atoms. The highest BCUT2D eigenvalue weighted by atomic mass is 16.5. The van der Waals surface area contributed by atoms with Crippen molar-refractivity contribution in [3.05, 3.63) is 29.3 Å².